The molecule has 10 aromatic rings. The molecule has 10 nitrogen and oxygen atoms in total. The van der Waals surface area contributed by atoms with E-state index in [0.717, 1.165) is 50.2 Å². The van der Waals surface area contributed by atoms with Crippen LogP contribution in [0.3, 0.4) is 0 Å². The Labute approximate surface area is 351 Å². The van der Waals surface area contributed by atoms with E-state index in [0.29, 0.717) is 68.5 Å². The van der Waals surface area contributed by atoms with Crippen LogP contribution in [0.15, 0.2) is 115 Å². The summed E-state index contributed by atoms with van der Waals surface area (Å²) in [5.74, 6) is 3.18. The zero-order valence-electron chi connectivity index (χ0n) is 33.6. The molecule has 298 valence electrons. The number of fused-ring (bicyclic) bond motifs is 6. The summed E-state index contributed by atoms with van der Waals surface area (Å²) in [5, 5.41) is 24.7. The predicted molar refractivity (Wildman–Crippen MR) is 232 cm³/mol. The third kappa shape index (κ3) is 6.26. The van der Waals surface area contributed by atoms with Gasteiger partial charge in [0.2, 0.25) is 0 Å². The molecule has 0 bridgehead atoms. The molecule has 4 aromatic heterocycles. The van der Waals surface area contributed by atoms with Crippen molar-refractivity contribution in [1.29, 1.82) is 10.5 Å². The van der Waals surface area contributed by atoms with Gasteiger partial charge in [-0.1, -0.05) is 60.7 Å². The molecule has 0 aliphatic heterocycles. The predicted octanol–water partition coefficient (Wildman–Crippen LogP) is 11.2. The quantitative estimate of drug-likeness (QED) is 0.168. The number of hydrogen-bond donors (Lipinski definition) is 0. The van der Waals surface area contributed by atoms with E-state index in [1.165, 1.54) is 6.07 Å². The molecule has 4 heterocycles. The second-order valence-electron chi connectivity index (χ2n) is 15.1. The minimum absolute atomic E-state index is 0.139. The molecule has 0 saturated heterocycles. The summed E-state index contributed by atoms with van der Waals surface area (Å²) in [6, 6.07) is 38.4. The van der Waals surface area contributed by atoms with Crippen molar-refractivity contribution in [3.05, 3.63) is 155 Å². The summed E-state index contributed by atoms with van der Waals surface area (Å²) >= 11 is 0. The van der Waals surface area contributed by atoms with Crippen LogP contribution in [-0.2, 0) is 6.18 Å². The van der Waals surface area contributed by atoms with Gasteiger partial charge >= 0.3 is 6.18 Å². The molecular weight excluding hydrogens is 786 g/mol. The molecule has 0 unspecified atom stereocenters. The molecule has 10 rings (SSSR count). The second kappa shape index (κ2) is 14.2. The Bertz CT molecular complexity index is 3570. The molecule has 0 saturated carbocycles. The highest BCUT2D eigenvalue weighted by atomic mass is 19.4. The number of alkyl halides is 3. The molecule has 0 spiro atoms. The van der Waals surface area contributed by atoms with Gasteiger partial charge in [0, 0.05) is 38.2 Å². The first-order chi connectivity index (χ1) is 29.9. The summed E-state index contributed by atoms with van der Waals surface area (Å²) in [6.07, 6.45) is -4.76. The van der Waals surface area contributed by atoms with Gasteiger partial charge in [0.25, 0.3) is 0 Å². The van der Waals surface area contributed by atoms with Gasteiger partial charge in [-0.2, -0.15) is 23.7 Å². The Morgan fingerprint density at radius 2 is 0.952 bits per heavy atom. The van der Waals surface area contributed by atoms with Crippen molar-refractivity contribution in [2.45, 2.75) is 33.9 Å². The maximum absolute atomic E-state index is 14.7. The van der Waals surface area contributed by atoms with E-state index >= 15 is 0 Å². The molecule has 62 heavy (non-hydrogen) atoms. The van der Waals surface area contributed by atoms with Gasteiger partial charge in [-0.05, 0) is 87.9 Å². The average molecular weight is 817 g/mol. The van der Waals surface area contributed by atoms with Crippen molar-refractivity contribution in [2.75, 3.05) is 0 Å². The van der Waals surface area contributed by atoms with Gasteiger partial charge in [-0.15, -0.1) is 0 Å². The number of benzene rings is 6. The fourth-order valence-electron chi connectivity index (χ4n) is 8.51. The third-order valence-corrected chi connectivity index (χ3v) is 11.0. The lowest BCUT2D eigenvalue weighted by atomic mass is 9.95. The van der Waals surface area contributed by atoms with Gasteiger partial charge in [-0.25, -0.2) is 29.9 Å². The highest BCUT2D eigenvalue weighted by molar-refractivity contribution is 6.12. The fourth-order valence-corrected chi connectivity index (χ4v) is 8.51. The fraction of sp³-hybridized carbons (Fsp3) is 0.102. The van der Waals surface area contributed by atoms with Crippen molar-refractivity contribution in [1.82, 2.24) is 39.0 Å². The molecule has 0 fully saturated rings. The molecule has 0 aliphatic carbocycles. The standard InChI is InChI=1S/C49H31F3N10/c1-26-55-27(2)58-47(57-26)31-13-15-38-36-9-5-7-11-41(36)61(44(38)20-31)43-23-40(33-17-30(24-53)18-35(19-33)49(50,51)52)46(22-34(43)25-54)62-42-12-8-6-10-37(42)39-16-14-32(21-45(39)62)48-59-28(3)56-29(4)60-48/h5-23H,1-4H3. The number of para-hydroxylation sites is 2. The van der Waals surface area contributed by atoms with Crippen LogP contribution in [0.4, 0.5) is 13.2 Å². The highest BCUT2D eigenvalue weighted by Gasteiger charge is 2.32. The van der Waals surface area contributed by atoms with Gasteiger partial charge in [0.1, 0.15) is 29.4 Å². The molecule has 0 N–H and O–H groups in total. The van der Waals surface area contributed by atoms with Crippen LogP contribution in [0.2, 0.25) is 0 Å². The number of nitriles is 2. The number of halogens is 3. The average Bonchev–Trinajstić information content (AvgIpc) is 3.76. The summed E-state index contributed by atoms with van der Waals surface area (Å²) in [4.78, 5) is 27.1. The van der Waals surface area contributed by atoms with E-state index in [2.05, 4.69) is 36.0 Å². The Hall–Kier alpha value is -8.29. The van der Waals surface area contributed by atoms with Gasteiger partial charge in [0.05, 0.1) is 56.2 Å². The van der Waals surface area contributed by atoms with Gasteiger partial charge < -0.3 is 9.13 Å². The number of nitrogens with zero attached hydrogens (tertiary/aromatic N) is 10. The lowest BCUT2D eigenvalue weighted by molar-refractivity contribution is -0.137. The van der Waals surface area contributed by atoms with Crippen molar-refractivity contribution in [3.8, 4) is 57.4 Å². The van der Waals surface area contributed by atoms with E-state index in [4.69, 9.17) is 0 Å². The zero-order valence-corrected chi connectivity index (χ0v) is 33.6. The zero-order chi connectivity index (χ0) is 43.0. The molecule has 0 amide bonds. The normalized spacial score (nSPS) is 11.8. The maximum Gasteiger partial charge on any atom is 0.416 e. The SMILES string of the molecule is Cc1nc(C)nc(-c2ccc3c4ccccc4n(-c4cc(-c5cc(C#N)cc(C(F)(F)F)c5)c(-n5c6ccccc6c6ccc(-c7nc(C)nc(C)n7)cc65)cc4C#N)c3c2)n1. The molecule has 0 radical (unpaired) electrons. The van der Waals surface area contributed by atoms with Crippen LogP contribution in [-0.4, -0.2) is 39.0 Å². The Kier molecular flexibility index (Phi) is 8.68. The molecule has 13 heteroatoms. The summed E-state index contributed by atoms with van der Waals surface area (Å²) in [7, 11) is 0. The second-order valence-corrected chi connectivity index (χ2v) is 15.1. The molecule has 0 aliphatic rings. The van der Waals surface area contributed by atoms with Crippen LogP contribution in [0, 0.1) is 50.4 Å². The van der Waals surface area contributed by atoms with Crippen LogP contribution in [0.5, 0.6) is 0 Å². The smallest absolute Gasteiger partial charge is 0.309 e. The lowest BCUT2D eigenvalue weighted by Crippen LogP contribution is -2.07. The van der Waals surface area contributed by atoms with Crippen molar-refractivity contribution in [3.63, 3.8) is 0 Å². The summed E-state index contributed by atoms with van der Waals surface area (Å²) in [6.45, 7) is 7.19. The highest BCUT2D eigenvalue weighted by Crippen LogP contribution is 2.43. The third-order valence-electron chi connectivity index (χ3n) is 11.0. The minimum atomic E-state index is -4.76. The Morgan fingerprint density at radius 1 is 0.468 bits per heavy atom. The number of aryl methyl sites for hydroxylation is 4. The minimum Gasteiger partial charge on any atom is -0.309 e. The molecular formula is C49H31F3N10. The lowest BCUT2D eigenvalue weighted by Gasteiger charge is -2.20. The summed E-state index contributed by atoms with van der Waals surface area (Å²) < 4.78 is 47.9. The summed E-state index contributed by atoms with van der Waals surface area (Å²) in [5.41, 5.74) is 4.81. The first kappa shape index (κ1) is 37.9. The van der Waals surface area contributed by atoms with Crippen molar-refractivity contribution < 1.29 is 13.2 Å². The van der Waals surface area contributed by atoms with E-state index in [1.54, 1.807) is 39.8 Å². The first-order valence-electron chi connectivity index (χ1n) is 19.6. The van der Waals surface area contributed by atoms with E-state index < -0.39 is 11.7 Å². The largest absolute Gasteiger partial charge is 0.416 e. The number of hydrogen-bond acceptors (Lipinski definition) is 8. The molecule has 0 atom stereocenters. The first-order valence-corrected chi connectivity index (χ1v) is 19.6. The van der Waals surface area contributed by atoms with Crippen LogP contribution in [0.1, 0.15) is 40.0 Å². The van der Waals surface area contributed by atoms with Crippen LogP contribution < -0.4 is 0 Å². The van der Waals surface area contributed by atoms with Crippen LogP contribution >= 0.6 is 0 Å². The van der Waals surface area contributed by atoms with Crippen LogP contribution in [0.25, 0.3) is 88.9 Å². The van der Waals surface area contributed by atoms with E-state index in [9.17, 15) is 23.7 Å². The Balaban J connectivity index is 1.33. The number of aromatic nitrogens is 8. The Morgan fingerprint density at radius 3 is 1.44 bits per heavy atom. The topological polar surface area (TPSA) is 135 Å². The van der Waals surface area contributed by atoms with Crippen molar-refractivity contribution >= 4 is 43.6 Å². The number of rotatable bonds is 5. The van der Waals surface area contributed by atoms with E-state index in [1.807, 2.05) is 100 Å². The molecule has 6 aromatic carbocycles. The monoisotopic (exact) mass is 816 g/mol. The van der Waals surface area contributed by atoms with E-state index in [-0.39, 0.29) is 16.7 Å². The van der Waals surface area contributed by atoms with Gasteiger partial charge in [-0.3, -0.25) is 0 Å². The maximum atomic E-state index is 14.7. The van der Waals surface area contributed by atoms with Crippen molar-refractivity contribution in [2.24, 2.45) is 0 Å². The van der Waals surface area contributed by atoms with Gasteiger partial charge in [0.15, 0.2) is 11.6 Å².